The summed E-state index contributed by atoms with van der Waals surface area (Å²) in [4.78, 5) is 4.46. The van der Waals surface area contributed by atoms with E-state index in [0.717, 1.165) is 29.1 Å². The monoisotopic (exact) mass is 573 g/mol. The Hall–Kier alpha value is -1.09. The molecule has 160 valence electrons. The number of hydrogen-bond acceptors (Lipinski definition) is 2. The zero-order valence-electron chi connectivity index (χ0n) is 18.1. The van der Waals surface area contributed by atoms with E-state index in [2.05, 4.69) is 81.7 Å². The highest BCUT2D eigenvalue weighted by molar-refractivity contribution is 14.0. The lowest BCUT2D eigenvalue weighted by molar-refractivity contribution is 0.243. The first-order valence-electron chi connectivity index (χ1n) is 10.1. The summed E-state index contributed by atoms with van der Waals surface area (Å²) in [6.45, 7) is 7.32. The number of benzene rings is 1. The van der Waals surface area contributed by atoms with Gasteiger partial charge in [-0.25, -0.2) is 0 Å². The van der Waals surface area contributed by atoms with E-state index in [-0.39, 0.29) is 35.4 Å². The third-order valence-electron chi connectivity index (χ3n) is 6.12. The van der Waals surface area contributed by atoms with Crippen molar-refractivity contribution >= 4 is 45.9 Å². The van der Waals surface area contributed by atoms with E-state index in [1.54, 1.807) is 0 Å². The van der Waals surface area contributed by atoms with E-state index in [1.807, 2.05) is 18.8 Å². The molecule has 0 amide bonds. The number of aryl methyl sites for hydroxylation is 2. The van der Waals surface area contributed by atoms with Gasteiger partial charge in [-0.3, -0.25) is 9.67 Å². The van der Waals surface area contributed by atoms with E-state index in [1.165, 1.54) is 36.1 Å². The van der Waals surface area contributed by atoms with Gasteiger partial charge in [0.2, 0.25) is 0 Å². The number of rotatable bonds is 6. The van der Waals surface area contributed by atoms with Crippen molar-refractivity contribution in [2.75, 3.05) is 13.6 Å². The van der Waals surface area contributed by atoms with Crippen LogP contribution in [0.5, 0.6) is 0 Å². The van der Waals surface area contributed by atoms with Gasteiger partial charge in [-0.1, -0.05) is 34.5 Å². The molecule has 1 aromatic carbocycles. The van der Waals surface area contributed by atoms with Crippen LogP contribution in [-0.4, -0.2) is 35.4 Å². The largest absolute Gasteiger partial charge is 0.356 e. The maximum atomic E-state index is 4.53. The van der Waals surface area contributed by atoms with Crippen molar-refractivity contribution in [3.8, 4) is 0 Å². The number of hydrogen-bond donors (Lipinski definition) is 2. The quantitative estimate of drug-likeness (QED) is 0.301. The van der Waals surface area contributed by atoms with Crippen LogP contribution in [-0.2, 0) is 18.9 Å². The fraction of sp³-hybridized carbons (Fsp3) is 0.545. The van der Waals surface area contributed by atoms with E-state index < -0.39 is 0 Å². The maximum Gasteiger partial charge on any atom is 0.191 e. The average Bonchev–Trinajstić information content (AvgIpc) is 2.86. The lowest BCUT2D eigenvalue weighted by Gasteiger charge is -2.43. The van der Waals surface area contributed by atoms with Crippen molar-refractivity contribution in [2.24, 2.45) is 12.0 Å². The SMILES string of the molecule is CN=C(NCC1(c2cccc(Br)c2)CCC1)NC(C)Cc1c(C)nn(C)c1C.I. The highest BCUT2D eigenvalue weighted by atomic mass is 127. The van der Waals surface area contributed by atoms with Crippen molar-refractivity contribution < 1.29 is 0 Å². The fourth-order valence-corrected chi connectivity index (χ4v) is 4.54. The van der Waals surface area contributed by atoms with Gasteiger partial charge >= 0.3 is 0 Å². The number of halogens is 2. The topological polar surface area (TPSA) is 54.2 Å². The molecule has 1 heterocycles. The third kappa shape index (κ3) is 5.54. The average molecular weight is 574 g/mol. The Bertz CT molecular complexity index is 857. The van der Waals surface area contributed by atoms with Gasteiger partial charge in [0.15, 0.2) is 5.96 Å². The smallest absolute Gasteiger partial charge is 0.191 e. The van der Waals surface area contributed by atoms with Gasteiger partial charge in [0, 0.05) is 42.3 Å². The maximum absolute atomic E-state index is 4.53. The molecule has 5 nitrogen and oxygen atoms in total. The first kappa shape index (κ1) is 24.2. The molecule has 1 saturated carbocycles. The van der Waals surface area contributed by atoms with Gasteiger partial charge in [0.25, 0.3) is 0 Å². The number of aliphatic imine (C=N–C) groups is 1. The molecule has 1 aliphatic rings. The standard InChI is InChI=1S/C22H32BrN5.HI/c1-15(12-20-16(2)27-28(5)17(20)3)26-21(24-4)25-14-22(10-7-11-22)18-8-6-9-19(23)13-18;/h6,8-9,13,15H,7,10-12,14H2,1-5H3,(H2,24,25,26);1H. The molecule has 29 heavy (non-hydrogen) atoms. The predicted octanol–water partition coefficient (Wildman–Crippen LogP) is 4.64. The van der Waals surface area contributed by atoms with Crippen molar-refractivity contribution in [2.45, 2.75) is 57.9 Å². The fourth-order valence-electron chi connectivity index (χ4n) is 4.14. The molecule has 2 aromatic rings. The highest BCUT2D eigenvalue weighted by Gasteiger charge is 2.38. The van der Waals surface area contributed by atoms with E-state index >= 15 is 0 Å². The molecule has 3 rings (SSSR count). The Morgan fingerprint density at radius 3 is 2.59 bits per heavy atom. The molecule has 1 atom stereocenters. The van der Waals surface area contributed by atoms with Crippen LogP contribution in [0.2, 0.25) is 0 Å². The minimum atomic E-state index is 0. The molecule has 1 unspecified atom stereocenters. The molecule has 0 spiro atoms. The number of nitrogens with zero attached hydrogens (tertiary/aromatic N) is 3. The van der Waals surface area contributed by atoms with Crippen LogP contribution >= 0.6 is 39.9 Å². The van der Waals surface area contributed by atoms with Crippen LogP contribution in [0.1, 0.15) is 48.7 Å². The van der Waals surface area contributed by atoms with Crippen molar-refractivity contribution in [1.82, 2.24) is 20.4 Å². The summed E-state index contributed by atoms with van der Waals surface area (Å²) >= 11 is 3.62. The van der Waals surface area contributed by atoms with Crippen LogP contribution < -0.4 is 10.6 Å². The Kier molecular flexibility index (Phi) is 8.58. The first-order chi connectivity index (χ1) is 13.3. The summed E-state index contributed by atoms with van der Waals surface area (Å²) in [5.41, 5.74) is 5.28. The van der Waals surface area contributed by atoms with Crippen LogP contribution in [0.3, 0.4) is 0 Å². The third-order valence-corrected chi connectivity index (χ3v) is 6.61. The summed E-state index contributed by atoms with van der Waals surface area (Å²) < 4.78 is 3.11. The summed E-state index contributed by atoms with van der Waals surface area (Å²) in [5.74, 6) is 0.868. The summed E-state index contributed by atoms with van der Waals surface area (Å²) in [6.07, 6.45) is 4.66. The number of nitrogens with one attached hydrogen (secondary N) is 2. The summed E-state index contributed by atoms with van der Waals surface area (Å²) in [6, 6.07) is 9.00. The van der Waals surface area contributed by atoms with E-state index in [0.29, 0.717) is 0 Å². The van der Waals surface area contributed by atoms with Gasteiger partial charge in [-0.05, 0) is 63.3 Å². The molecular weight excluding hydrogens is 541 g/mol. The zero-order valence-corrected chi connectivity index (χ0v) is 22.0. The van der Waals surface area contributed by atoms with Gasteiger partial charge < -0.3 is 10.6 Å². The van der Waals surface area contributed by atoms with E-state index in [4.69, 9.17) is 0 Å². The molecule has 2 N–H and O–H groups in total. The van der Waals surface area contributed by atoms with Gasteiger partial charge in [0.05, 0.1) is 5.69 Å². The van der Waals surface area contributed by atoms with E-state index in [9.17, 15) is 0 Å². The predicted molar refractivity (Wildman–Crippen MR) is 135 cm³/mol. The number of aromatic nitrogens is 2. The van der Waals surface area contributed by atoms with Crippen molar-refractivity contribution in [3.05, 3.63) is 51.3 Å². The Balaban J connectivity index is 0.00000300. The molecule has 0 bridgehead atoms. The molecule has 1 aromatic heterocycles. The van der Waals surface area contributed by atoms with Crippen LogP contribution in [0.25, 0.3) is 0 Å². The molecule has 0 aliphatic heterocycles. The molecular formula is C22H33BrIN5. The minimum absolute atomic E-state index is 0. The molecule has 1 fully saturated rings. The van der Waals surface area contributed by atoms with Gasteiger partial charge in [-0.15, -0.1) is 24.0 Å². The second-order valence-corrected chi connectivity index (χ2v) is 9.01. The van der Waals surface area contributed by atoms with Crippen LogP contribution in [0.15, 0.2) is 33.7 Å². The second kappa shape index (κ2) is 10.3. The van der Waals surface area contributed by atoms with Crippen molar-refractivity contribution in [3.63, 3.8) is 0 Å². The normalized spacial score (nSPS) is 16.6. The first-order valence-corrected chi connectivity index (χ1v) is 10.9. The Morgan fingerprint density at radius 2 is 2.07 bits per heavy atom. The summed E-state index contributed by atoms with van der Waals surface area (Å²) in [7, 11) is 3.85. The second-order valence-electron chi connectivity index (χ2n) is 8.09. The minimum Gasteiger partial charge on any atom is -0.356 e. The van der Waals surface area contributed by atoms with Gasteiger partial charge in [0.1, 0.15) is 0 Å². The molecule has 0 saturated heterocycles. The molecule has 7 heteroatoms. The Labute approximate surface area is 200 Å². The van der Waals surface area contributed by atoms with Gasteiger partial charge in [-0.2, -0.15) is 5.10 Å². The number of guanidine groups is 1. The Morgan fingerprint density at radius 1 is 1.34 bits per heavy atom. The highest BCUT2D eigenvalue weighted by Crippen LogP contribution is 2.43. The van der Waals surface area contributed by atoms with Crippen LogP contribution in [0.4, 0.5) is 0 Å². The zero-order chi connectivity index (χ0) is 20.3. The lowest BCUT2D eigenvalue weighted by atomic mass is 9.64. The summed E-state index contributed by atoms with van der Waals surface area (Å²) in [5, 5.41) is 11.7. The van der Waals surface area contributed by atoms with Crippen molar-refractivity contribution in [1.29, 1.82) is 0 Å². The lowest BCUT2D eigenvalue weighted by Crippen LogP contribution is -2.50. The molecule has 0 radical (unpaired) electrons. The molecule has 1 aliphatic carbocycles. The van der Waals surface area contributed by atoms with Crippen LogP contribution in [0, 0.1) is 13.8 Å².